The maximum atomic E-state index is 11.5. The fourth-order valence-corrected chi connectivity index (χ4v) is 6.16. The van der Waals surface area contributed by atoms with Gasteiger partial charge in [0.15, 0.2) is 5.25 Å². The van der Waals surface area contributed by atoms with Crippen LogP contribution in [0.15, 0.2) is 34.1 Å². The number of benzene rings is 1. The summed E-state index contributed by atoms with van der Waals surface area (Å²) in [5.41, 5.74) is -0.129. The third-order valence-corrected chi connectivity index (χ3v) is 6.48. The van der Waals surface area contributed by atoms with Crippen molar-refractivity contribution in [3.05, 3.63) is 45.2 Å². The largest absolute Gasteiger partial charge is 0.293 e. The van der Waals surface area contributed by atoms with E-state index >= 15 is 0 Å². The molecule has 0 amide bonds. The summed E-state index contributed by atoms with van der Waals surface area (Å²) < 4.78 is 96.4. The summed E-state index contributed by atoms with van der Waals surface area (Å²) in [6.45, 7) is 0. The Morgan fingerprint density at radius 1 is 0.864 bits per heavy atom. The first-order valence-corrected chi connectivity index (χ1v) is 9.94. The molecule has 0 aliphatic heterocycles. The molecular weight excluding hydrogens is 360 g/mol. The summed E-state index contributed by atoms with van der Waals surface area (Å²) in [6.07, 6.45) is -0.643. The van der Waals surface area contributed by atoms with E-state index in [1.165, 1.54) is 24.3 Å². The van der Waals surface area contributed by atoms with Gasteiger partial charge in [-0.3, -0.25) is 13.7 Å². The van der Waals surface area contributed by atoms with Crippen molar-refractivity contribution in [1.82, 2.24) is 0 Å². The summed E-state index contributed by atoms with van der Waals surface area (Å²) in [4.78, 5) is -2.67. The Labute approximate surface area is 126 Å². The molecule has 0 fully saturated rings. The van der Waals surface area contributed by atoms with Crippen LogP contribution in [0, 0.1) is 0 Å². The van der Waals surface area contributed by atoms with Gasteiger partial charge >= 0.3 is 0 Å². The van der Waals surface area contributed by atoms with E-state index in [1.54, 1.807) is 0 Å². The van der Waals surface area contributed by atoms with Crippen LogP contribution in [-0.4, -0.2) is 38.9 Å². The van der Waals surface area contributed by atoms with Gasteiger partial charge in [-0.15, -0.1) is 0 Å². The van der Waals surface area contributed by atoms with Gasteiger partial charge in [0.1, 0.15) is 4.91 Å². The number of hydrogen-bond acceptors (Lipinski definition) is 6. The van der Waals surface area contributed by atoms with Crippen molar-refractivity contribution in [3.8, 4) is 0 Å². The Hall–Kier alpha value is -1.31. The highest BCUT2D eigenvalue weighted by Crippen LogP contribution is 2.42. The molecule has 0 bridgehead atoms. The van der Waals surface area contributed by atoms with E-state index < -0.39 is 51.8 Å². The van der Waals surface area contributed by atoms with E-state index in [9.17, 15) is 34.4 Å². The monoisotopic (exact) mass is 370 g/mol. The standard InChI is InChI=1S/C10H10O9S3/c11-20(12,13)8-5-6-3-1-2-4-7(6)9(21(14,15)16)10(8)22(17,18)19/h1-4,9H,5H2,(H,11,12,13)(H,14,15,16)(H,17,18,19). The first kappa shape index (κ1) is 17.1. The van der Waals surface area contributed by atoms with Crippen LogP contribution in [0.25, 0.3) is 0 Å². The van der Waals surface area contributed by atoms with Crippen molar-refractivity contribution in [2.24, 2.45) is 0 Å². The van der Waals surface area contributed by atoms with E-state index in [4.69, 9.17) is 4.55 Å². The normalized spacial score (nSPS) is 19.9. The zero-order chi connectivity index (χ0) is 16.9. The molecule has 1 aromatic carbocycles. The Balaban J connectivity index is 3.00. The minimum Gasteiger partial charge on any atom is -0.285 e. The molecule has 1 aromatic rings. The second kappa shape index (κ2) is 5.11. The molecule has 1 aliphatic rings. The minimum absolute atomic E-state index is 0.0742. The lowest BCUT2D eigenvalue weighted by atomic mass is 9.96. The second-order valence-corrected chi connectivity index (χ2v) is 8.84. The molecule has 122 valence electrons. The Morgan fingerprint density at radius 2 is 1.41 bits per heavy atom. The molecule has 1 atom stereocenters. The van der Waals surface area contributed by atoms with Gasteiger partial charge < -0.3 is 0 Å². The van der Waals surface area contributed by atoms with Crippen molar-refractivity contribution >= 4 is 30.4 Å². The van der Waals surface area contributed by atoms with Crippen LogP contribution in [0.3, 0.4) is 0 Å². The van der Waals surface area contributed by atoms with Crippen molar-refractivity contribution in [2.75, 3.05) is 0 Å². The zero-order valence-electron chi connectivity index (χ0n) is 10.6. The Morgan fingerprint density at radius 3 is 1.86 bits per heavy atom. The predicted octanol–water partition coefficient (Wildman–Crippen LogP) is 0.159. The lowest BCUT2D eigenvalue weighted by molar-refractivity contribution is 0.464. The lowest BCUT2D eigenvalue weighted by Crippen LogP contribution is -2.28. The average Bonchev–Trinajstić information content (AvgIpc) is 2.33. The van der Waals surface area contributed by atoms with Crippen LogP contribution in [0.4, 0.5) is 0 Å². The number of hydrogen-bond donors (Lipinski definition) is 3. The minimum atomic E-state index is -5.33. The maximum absolute atomic E-state index is 11.5. The molecule has 1 unspecified atom stereocenters. The summed E-state index contributed by atoms with van der Waals surface area (Å²) in [7, 11) is -15.6. The van der Waals surface area contributed by atoms with Gasteiger partial charge in [-0.25, -0.2) is 0 Å². The molecule has 0 radical (unpaired) electrons. The maximum Gasteiger partial charge on any atom is 0.293 e. The van der Waals surface area contributed by atoms with E-state index in [0.29, 0.717) is 0 Å². The summed E-state index contributed by atoms with van der Waals surface area (Å²) in [6, 6.07) is 5.25. The molecule has 0 spiro atoms. The fourth-order valence-electron chi connectivity index (χ4n) is 2.29. The molecule has 22 heavy (non-hydrogen) atoms. The van der Waals surface area contributed by atoms with Crippen LogP contribution in [-0.2, 0) is 36.8 Å². The van der Waals surface area contributed by atoms with Gasteiger partial charge in [0.25, 0.3) is 30.4 Å². The van der Waals surface area contributed by atoms with Crippen molar-refractivity contribution in [1.29, 1.82) is 0 Å². The fraction of sp³-hybridized carbons (Fsp3) is 0.200. The van der Waals surface area contributed by atoms with Crippen LogP contribution in [0.2, 0.25) is 0 Å². The van der Waals surface area contributed by atoms with Crippen LogP contribution < -0.4 is 0 Å². The summed E-state index contributed by atoms with van der Waals surface area (Å²) in [5.74, 6) is 0. The molecule has 12 heteroatoms. The average molecular weight is 370 g/mol. The smallest absolute Gasteiger partial charge is 0.285 e. The van der Waals surface area contributed by atoms with E-state index in [1.807, 2.05) is 0 Å². The highest BCUT2D eigenvalue weighted by Gasteiger charge is 2.45. The predicted molar refractivity (Wildman–Crippen MR) is 74.6 cm³/mol. The highest BCUT2D eigenvalue weighted by molar-refractivity contribution is 7.95. The number of rotatable bonds is 3. The van der Waals surface area contributed by atoms with Crippen LogP contribution in [0.5, 0.6) is 0 Å². The van der Waals surface area contributed by atoms with Crippen LogP contribution in [0.1, 0.15) is 16.4 Å². The summed E-state index contributed by atoms with van der Waals surface area (Å²) in [5, 5.41) is -2.34. The molecule has 3 N–H and O–H groups in total. The van der Waals surface area contributed by atoms with Gasteiger partial charge in [-0.1, -0.05) is 24.3 Å². The molecular formula is C10H10O9S3. The second-order valence-electron chi connectivity index (χ2n) is 4.51. The molecule has 9 nitrogen and oxygen atoms in total. The van der Waals surface area contributed by atoms with Crippen molar-refractivity contribution < 1.29 is 38.9 Å². The quantitative estimate of drug-likeness (QED) is 0.629. The van der Waals surface area contributed by atoms with E-state index in [0.717, 1.165) is 0 Å². The lowest BCUT2D eigenvalue weighted by Gasteiger charge is -2.26. The highest BCUT2D eigenvalue weighted by atomic mass is 32.2. The molecule has 0 heterocycles. The van der Waals surface area contributed by atoms with Gasteiger partial charge in [0.2, 0.25) is 0 Å². The summed E-state index contributed by atoms with van der Waals surface area (Å²) >= 11 is 0. The Kier molecular flexibility index (Phi) is 3.96. The van der Waals surface area contributed by atoms with Gasteiger partial charge in [-0.2, -0.15) is 25.3 Å². The van der Waals surface area contributed by atoms with Gasteiger partial charge in [-0.05, 0) is 11.1 Å². The molecule has 2 rings (SSSR count). The van der Waals surface area contributed by atoms with E-state index in [-0.39, 0.29) is 11.1 Å². The third kappa shape index (κ3) is 3.06. The van der Waals surface area contributed by atoms with Gasteiger partial charge in [0, 0.05) is 6.42 Å². The van der Waals surface area contributed by atoms with Crippen molar-refractivity contribution in [2.45, 2.75) is 11.7 Å². The van der Waals surface area contributed by atoms with E-state index in [2.05, 4.69) is 0 Å². The molecule has 0 saturated heterocycles. The number of allylic oxidation sites excluding steroid dienone is 1. The van der Waals surface area contributed by atoms with Crippen molar-refractivity contribution in [3.63, 3.8) is 0 Å². The molecule has 0 saturated carbocycles. The first-order chi connectivity index (χ1) is 9.83. The zero-order valence-corrected chi connectivity index (χ0v) is 13.1. The van der Waals surface area contributed by atoms with Gasteiger partial charge in [0.05, 0.1) is 4.91 Å². The topological polar surface area (TPSA) is 163 Å². The Bertz CT molecular complexity index is 968. The third-order valence-electron chi connectivity index (χ3n) is 3.09. The number of fused-ring (bicyclic) bond motifs is 1. The molecule has 1 aliphatic carbocycles. The van der Waals surface area contributed by atoms with Crippen LogP contribution >= 0.6 is 0 Å². The molecule has 0 aromatic heterocycles. The SMILES string of the molecule is O=S(=O)(O)C1=C(S(=O)(=O)O)C(S(=O)(=O)O)c2ccccc2C1. The first-order valence-electron chi connectivity index (χ1n) is 5.55.